The van der Waals surface area contributed by atoms with Crippen LogP contribution in [0.3, 0.4) is 0 Å². The van der Waals surface area contributed by atoms with Gasteiger partial charge in [-0.2, -0.15) is 0 Å². The van der Waals surface area contributed by atoms with Gasteiger partial charge in [-0.05, 0) is 57.6 Å². The lowest BCUT2D eigenvalue weighted by atomic mass is 9.96. The number of carbonyl (C=O) groups is 2. The van der Waals surface area contributed by atoms with Crippen LogP contribution in [0.2, 0.25) is 0 Å². The van der Waals surface area contributed by atoms with Crippen LogP contribution < -0.4 is 5.32 Å². The summed E-state index contributed by atoms with van der Waals surface area (Å²) in [5.41, 5.74) is 5.14. The molecule has 0 aliphatic carbocycles. The fraction of sp³-hybridized carbons (Fsp3) is 0.189. The lowest BCUT2D eigenvalue weighted by Gasteiger charge is -2.23. The monoisotopic (exact) mass is 589 g/mol. The number of aliphatic carboxylic acids is 1. The number of nitrogens with one attached hydrogen (secondary N) is 1. The van der Waals surface area contributed by atoms with Crippen LogP contribution in [0, 0.1) is 5.92 Å². The molecule has 218 valence electrons. The SMILES string of the molecule is O=C(O)C(Cc1ccc2ccccc2c1)NC(=O)[C@@H](Cc1ccc(-c2ccccc2)cc1)CP(O)CCc1ccccc1. The van der Waals surface area contributed by atoms with Crippen molar-refractivity contribution in [2.24, 2.45) is 5.92 Å². The van der Waals surface area contributed by atoms with Crippen molar-refractivity contribution in [3.63, 3.8) is 0 Å². The number of carbonyl (C=O) groups excluding carboxylic acids is 1. The van der Waals surface area contributed by atoms with Crippen LogP contribution in [0.4, 0.5) is 0 Å². The third-order valence-electron chi connectivity index (χ3n) is 7.71. The Balaban J connectivity index is 1.31. The molecule has 5 nitrogen and oxygen atoms in total. The van der Waals surface area contributed by atoms with E-state index in [1.807, 2.05) is 115 Å². The minimum absolute atomic E-state index is 0.173. The van der Waals surface area contributed by atoms with Crippen molar-refractivity contribution in [3.05, 3.63) is 144 Å². The first kappa shape index (κ1) is 30.2. The topological polar surface area (TPSA) is 86.6 Å². The summed E-state index contributed by atoms with van der Waals surface area (Å²) < 4.78 is 0. The molecule has 0 saturated heterocycles. The number of fused-ring (bicyclic) bond motifs is 1. The molecule has 0 fully saturated rings. The maximum absolute atomic E-state index is 13.7. The van der Waals surface area contributed by atoms with E-state index in [9.17, 15) is 19.6 Å². The Morgan fingerprint density at radius 2 is 1.26 bits per heavy atom. The number of hydrogen-bond donors (Lipinski definition) is 3. The second-order valence-electron chi connectivity index (χ2n) is 10.9. The van der Waals surface area contributed by atoms with Gasteiger partial charge in [0.05, 0.1) is 0 Å². The first-order chi connectivity index (χ1) is 20.9. The average molecular weight is 590 g/mol. The van der Waals surface area contributed by atoms with Crippen molar-refractivity contribution in [1.29, 1.82) is 0 Å². The molecule has 0 radical (unpaired) electrons. The third kappa shape index (κ3) is 8.61. The minimum Gasteiger partial charge on any atom is -0.480 e. The summed E-state index contributed by atoms with van der Waals surface area (Å²) in [6.07, 6.45) is 2.19. The normalized spacial score (nSPS) is 13.2. The van der Waals surface area contributed by atoms with Crippen LogP contribution in [0.25, 0.3) is 21.9 Å². The van der Waals surface area contributed by atoms with E-state index in [1.54, 1.807) is 0 Å². The maximum Gasteiger partial charge on any atom is 0.326 e. The summed E-state index contributed by atoms with van der Waals surface area (Å²) in [6.45, 7) is 0. The zero-order valence-electron chi connectivity index (χ0n) is 24.0. The largest absolute Gasteiger partial charge is 0.480 e. The zero-order chi connectivity index (χ0) is 30.0. The number of amides is 1. The highest BCUT2D eigenvalue weighted by atomic mass is 31.1. The molecule has 5 aromatic rings. The predicted molar refractivity (Wildman–Crippen MR) is 175 cm³/mol. The zero-order valence-corrected chi connectivity index (χ0v) is 24.9. The molecule has 43 heavy (non-hydrogen) atoms. The van der Waals surface area contributed by atoms with E-state index in [0.717, 1.165) is 45.0 Å². The second-order valence-corrected chi connectivity index (χ2v) is 12.7. The molecule has 0 spiro atoms. The Kier molecular flexibility index (Phi) is 10.3. The second kappa shape index (κ2) is 14.7. The molecule has 5 aromatic carbocycles. The predicted octanol–water partition coefficient (Wildman–Crippen LogP) is 7.11. The van der Waals surface area contributed by atoms with Crippen molar-refractivity contribution < 1.29 is 19.6 Å². The lowest BCUT2D eigenvalue weighted by molar-refractivity contribution is -0.142. The molecule has 3 N–H and O–H groups in total. The van der Waals surface area contributed by atoms with Gasteiger partial charge in [-0.3, -0.25) is 4.79 Å². The molecular formula is C37H36NO4P. The third-order valence-corrected chi connectivity index (χ3v) is 9.32. The fourth-order valence-electron chi connectivity index (χ4n) is 5.33. The van der Waals surface area contributed by atoms with Gasteiger partial charge in [0.25, 0.3) is 0 Å². The molecule has 0 heterocycles. The molecular weight excluding hydrogens is 553 g/mol. The van der Waals surface area contributed by atoms with Crippen molar-refractivity contribution in [2.75, 3.05) is 12.3 Å². The summed E-state index contributed by atoms with van der Waals surface area (Å²) in [4.78, 5) is 37.0. The van der Waals surface area contributed by atoms with Gasteiger partial charge in [-0.1, -0.05) is 127 Å². The van der Waals surface area contributed by atoms with Crippen molar-refractivity contribution >= 4 is 30.8 Å². The van der Waals surface area contributed by atoms with E-state index in [2.05, 4.69) is 17.4 Å². The van der Waals surface area contributed by atoms with Crippen molar-refractivity contribution in [2.45, 2.75) is 25.3 Å². The molecule has 0 aliphatic rings. The van der Waals surface area contributed by atoms with Crippen LogP contribution in [-0.4, -0.2) is 40.2 Å². The van der Waals surface area contributed by atoms with Gasteiger partial charge in [0.15, 0.2) is 0 Å². The van der Waals surface area contributed by atoms with Gasteiger partial charge in [0.1, 0.15) is 6.04 Å². The summed E-state index contributed by atoms with van der Waals surface area (Å²) in [6, 6.07) is 40.9. The number of aryl methyl sites for hydroxylation is 1. The van der Waals surface area contributed by atoms with Crippen LogP contribution in [0.15, 0.2) is 127 Å². The molecule has 6 heteroatoms. The summed E-state index contributed by atoms with van der Waals surface area (Å²) >= 11 is 0. The molecule has 0 bridgehead atoms. The molecule has 0 aromatic heterocycles. The highest BCUT2D eigenvalue weighted by Crippen LogP contribution is 2.35. The molecule has 0 saturated carbocycles. The highest BCUT2D eigenvalue weighted by Gasteiger charge is 2.28. The van der Waals surface area contributed by atoms with Gasteiger partial charge >= 0.3 is 5.97 Å². The van der Waals surface area contributed by atoms with Crippen molar-refractivity contribution in [1.82, 2.24) is 5.32 Å². The van der Waals surface area contributed by atoms with Gasteiger partial charge in [-0.25, -0.2) is 4.79 Å². The first-order valence-electron chi connectivity index (χ1n) is 14.6. The van der Waals surface area contributed by atoms with E-state index in [0.29, 0.717) is 18.7 Å². The number of benzene rings is 5. The van der Waals surface area contributed by atoms with Gasteiger partial charge in [-0.15, -0.1) is 0 Å². The molecule has 1 amide bonds. The lowest BCUT2D eigenvalue weighted by Crippen LogP contribution is -2.46. The van der Waals surface area contributed by atoms with E-state index < -0.39 is 26.1 Å². The Morgan fingerprint density at radius 1 is 0.651 bits per heavy atom. The first-order valence-corrected chi connectivity index (χ1v) is 16.2. The maximum atomic E-state index is 13.7. The number of rotatable bonds is 13. The van der Waals surface area contributed by atoms with E-state index in [1.165, 1.54) is 0 Å². The van der Waals surface area contributed by atoms with E-state index in [4.69, 9.17) is 0 Å². The quantitative estimate of drug-likeness (QED) is 0.128. The summed E-state index contributed by atoms with van der Waals surface area (Å²) in [5, 5.41) is 15.0. The van der Waals surface area contributed by atoms with Crippen LogP contribution in [-0.2, 0) is 28.9 Å². The Hall–Kier alpha value is -4.31. The highest BCUT2D eigenvalue weighted by molar-refractivity contribution is 7.51. The standard InChI is InChI=1S/C37H36NO4P/c39-36(38-35(37(40)41)25-29-17-20-31-13-7-8-14-33(31)24-29)34(26-43(42)22-21-27-9-3-1-4-10-27)23-28-15-18-32(19-16-28)30-11-5-2-6-12-30/h1-20,24,34-35,42H,21-23,25-26H2,(H,38,39)(H,40,41)/t34-,35?,43?/m0/s1. The smallest absolute Gasteiger partial charge is 0.326 e. The van der Waals surface area contributed by atoms with Crippen LogP contribution in [0.1, 0.15) is 16.7 Å². The van der Waals surface area contributed by atoms with Crippen LogP contribution >= 0.6 is 8.15 Å². The Morgan fingerprint density at radius 3 is 1.95 bits per heavy atom. The van der Waals surface area contributed by atoms with Gasteiger partial charge in [0.2, 0.25) is 5.91 Å². The fourth-order valence-corrected chi connectivity index (χ4v) is 6.83. The van der Waals surface area contributed by atoms with E-state index in [-0.39, 0.29) is 12.3 Å². The van der Waals surface area contributed by atoms with E-state index >= 15 is 0 Å². The van der Waals surface area contributed by atoms with Gasteiger partial charge < -0.3 is 15.3 Å². The molecule has 3 atom stereocenters. The number of carboxylic acids is 1. The average Bonchev–Trinajstić information content (AvgIpc) is 3.04. The minimum atomic E-state index is -1.43. The summed E-state index contributed by atoms with van der Waals surface area (Å²) in [7, 11) is -1.43. The Bertz CT molecular complexity index is 1640. The Labute approximate surface area is 254 Å². The molecule has 0 aliphatic heterocycles. The summed E-state index contributed by atoms with van der Waals surface area (Å²) in [5.74, 6) is -1.99. The van der Waals surface area contributed by atoms with Crippen LogP contribution in [0.5, 0.6) is 0 Å². The molecule has 2 unspecified atom stereocenters. The van der Waals surface area contributed by atoms with Crippen molar-refractivity contribution in [3.8, 4) is 11.1 Å². The number of carboxylic acid groups (broad SMARTS) is 1. The number of hydrogen-bond acceptors (Lipinski definition) is 3. The molecule has 5 rings (SSSR count). The van der Waals surface area contributed by atoms with Gasteiger partial charge in [0, 0.05) is 26.6 Å².